The molecule has 0 bridgehead atoms. The topological polar surface area (TPSA) is 46.9 Å². The van der Waals surface area contributed by atoms with Gasteiger partial charge in [-0.3, -0.25) is 4.79 Å². The van der Waals surface area contributed by atoms with Gasteiger partial charge in [-0.15, -0.1) is 0 Å². The molecule has 0 aliphatic heterocycles. The van der Waals surface area contributed by atoms with Crippen molar-refractivity contribution in [2.75, 3.05) is 6.54 Å². The maximum absolute atomic E-state index is 11.4. The fourth-order valence-electron chi connectivity index (χ4n) is 2.55. The molecule has 1 aromatic heterocycles. The van der Waals surface area contributed by atoms with Gasteiger partial charge < -0.3 is 5.32 Å². The van der Waals surface area contributed by atoms with Crippen molar-refractivity contribution in [2.45, 2.75) is 45.2 Å². The van der Waals surface area contributed by atoms with Gasteiger partial charge in [0.15, 0.2) is 0 Å². The smallest absolute Gasteiger partial charge is 0.266 e. The van der Waals surface area contributed by atoms with Crippen molar-refractivity contribution >= 4 is 0 Å². The highest BCUT2D eigenvalue weighted by atomic mass is 16.1. The van der Waals surface area contributed by atoms with Crippen LogP contribution < -0.4 is 10.9 Å². The lowest BCUT2D eigenvalue weighted by Gasteiger charge is -2.27. The third-order valence-electron chi connectivity index (χ3n) is 3.48. The summed E-state index contributed by atoms with van der Waals surface area (Å²) in [4.78, 5) is 11.4. The van der Waals surface area contributed by atoms with Crippen LogP contribution in [0.1, 0.15) is 32.6 Å². The Hall–Kier alpha value is -1.16. The zero-order valence-corrected chi connectivity index (χ0v) is 10.4. The molecular formula is C13H21N3O. The Balaban J connectivity index is 1.76. The lowest BCUT2D eigenvalue weighted by atomic mass is 9.87. The van der Waals surface area contributed by atoms with Crippen LogP contribution in [0.25, 0.3) is 0 Å². The molecule has 4 nitrogen and oxygen atoms in total. The Morgan fingerprint density at radius 3 is 3.18 bits per heavy atom. The molecule has 0 aromatic carbocycles. The first-order valence-corrected chi connectivity index (χ1v) is 6.51. The Kier molecular flexibility index (Phi) is 4.31. The van der Waals surface area contributed by atoms with Gasteiger partial charge in [0.1, 0.15) is 0 Å². The summed E-state index contributed by atoms with van der Waals surface area (Å²) in [6, 6.07) is 3.85. The highest BCUT2D eigenvalue weighted by molar-refractivity contribution is 4.85. The summed E-state index contributed by atoms with van der Waals surface area (Å²) < 4.78 is 1.51. The van der Waals surface area contributed by atoms with Gasteiger partial charge in [0.2, 0.25) is 0 Å². The summed E-state index contributed by atoms with van der Waals surface area (Å²) >= 11 is 0. The Bertz CT molecular complexity index is 402. The fraction of sp³-hybridized carbons (Fsp3) is 0.692. The van der Waals surface area contributed by atoms with E-state index in [0.29, 0.717) is 12.6 Å². The van der Waals surface area contributed by atoms with Crippen LogP contribution in [0.4, 0.5) is 0 Å². The largest absolute Gasteiger partial charge is 0.312 e. The Labute approximate surface area is 102 Å². The van der Waals surface area contributed by atoms with Crippen LogP contribution in [0.2, 0.25) is 0 Å². The van der Waals surface area contributed by atoms with E-state index in [1.807, 2.05) is 0 Å². The van der Waals surface area contributed by atoms with Crippen molar-refractivity contribution in [3.05, 3.63) is 28.7 Å². The molecule has 2 unspecified atom stereocenters. The van der Waals surface area contributed by atoms with E-state index in [1.165, 1.54) is 30.4 Å². The summed E-state index contributed by atoms with van der Waals surface area (Å²) in [7, 11) is 0. The molecule has 0 saturated heterocycles. The third-order valence-corrected chi connectivity index (χ3v) is 3.48. The van der Waals surface area contributed by atoms with Crippen LogP contribution in [-0.2, 0) is 6.54 Å². The summed E-state index contributed by atoms with van der Waals surface area (Å²) in [5, 5.41) is 7.57. The molecule has 0 spiro atoms. The molecular weight excluding hydrogens is 214 g/mol. The Morgan fingerprint density at radius 2 is 2.41 bits per heavy atom. The normalized spacial score (nSPS) is 24.8. The first-order valence-electron chi connectivity index (χ1n) is 6.51. The second-order valence-electron chi connectivity index (χ2n) is 5.01. The van der Waals surface area contributed by atoms with Gasteiger partial charge in [0.25, 0.3) is 5.56 Å². The van der Waals surface area contributed by atoms with E-state index in [-0.39, 0.29) is 5.56 Å². The first-order chi connectivity index (χ1) is 8.25. The highest BCUT2D eigenvalue weighted by Crippen LogP contribution is 2.23. The SMILES string of the molecule is CC1CCCC(NCCn2ncccc2=O)C1. The summed E-state index contributed by atoms with van der Waals surface area (Å²) in [6.45, 7) is 3.80. The van der Waals surface area contributed by atoms with Crippen molar-refractivity contribution in [2.24, 2.45) is 5.92 Å². The van der Waals surface area contributed by atoms with E-state index in [0.717, 1.165) is 12.5 Å². The maximum atomic E-state index is 11.4. The third kappa shape index (κ3) is 3.66. The minimum absolute atomic E-state index is 0.0219. The lowest BCUT2D eigenvalue weighted by Crippen LogP contribution is -2.37. The van der Waals surface area contributed by atoms with Crippen LogP contribution in [0.5, 0.6) is 0 Å². The molecule has 1 saturated carbocycles. The number of hydrogen-bond donors (Lipinski definition) is 1. The second kappa shape index (κ2) is 5.96. The van der Waals surface area contributed by atoms with Crippen LogP contribution in [0.15, 0.2) is 23.1 Å². The second-order valence-corrected chi connectivity index (χ2v) is 5.01. The van der Waals surface area contributed by atoms with Crippen LogP contribution in [0.3, 0.4) is 0 Å². The fourth-order valence-corrected chi connectivity index (χ4v) is 2.55. The van der Waals surface area contributed by atoms with E-state index in [2.05, 4.69) is 17.3 Å². The van der Waals surface area contributed by atoms with Crippen LogP contribution in [-0.4, -0.2) is 22.4 Å². The molecule has 0 radical (unpaired) electrons. The Morgan fingerprint density at radius 1 is 1.53 bits per heavy atom. The summed E-state index contributed by atoms with van der Waals surface area (Å²) in [5.74, 6) is 0.832. The zero-order valence-electron chi connectivity index (χ0n) is 10.4. The quantitative estimate of drug-likeness (QED) is 0.858. The molecule has 17 heavy (non-hydrogen) atoms. The highest BCUT2D eigenvalue weighted by Gasteiger charge is 2.17. The summed E-state index contributed by atoms with van der Waals surface area (Å²) in [6.07, 6.45) is 6.86. The molecule has 94 valence electrons. The lowest BCUT2D eigenvalue weighted by molar-refractivity contribution is 0.297. The van der Waals surface area contributed by atoms with Gasteiger partial charge in [0.05, 0.1) is 6.54 Å². The van der Waals surface area contributed by atoms with E-state index in [1.54, 1.807) is 18.3 Å². The molecule has 1 aromatic rings. The van der Waals surface area contributed by atoms with Crippen LogP contribution >= 0.6 is 0 Å². The predicted molar refractivity (Wildman–Crippen MR) is 67.9 cm³/mol. The molecule has 0 amide bonds. The summed E-state index contributed by atoms with van der Waals surface area (Å²) in [5.41, 5.74) is -0.0219. The van der Waals surface area contributed by atoms with Gasteiger partial charge in [-0.25, -0.2) is 4.68 Å². The van der Waals surface area contributed by atoms with E-state index in [9.17, 15) is 4.79 Å². The zero-order chi connectivity index (χ0) is 12.1. The minimum Gasteiger partial charge on any atom is -0.312 e. The molecule has 1 heterocycles. The first kappa shape index (κ1) is 12.3. The van der Waals surface area contributed by atoms with Crippen molar-refractivity contribution in [1.82, 2.24) is 15.1 Å². The van der Waals surface area contributed by atoms with Crippen LogP contribution in [0, 0.1) is 5.92 Å². The molecule has 2 rings (SSSR count). The molecule has 1 N–H and O–H groups in total. The van der Waals surface area contributed by atoms with Gasteiger partial charge in [0, 0.05) is 24.8 Å². The van der Waals surface area contributed by atoms with Gasteiger partial charge >= 0.3 is 0 Å². The standard InChI is InChI=1S/C13H21N3O/c1-11-4-2-5-12(10-11)14-8-9-16-13(17)6-3-7-15-16/h3,6-7,11-12,14H,2,4-5,8-10H2,1H3. The van der Waals surface area contributed by atoms with E-state index in [4.69, 9.17) is 0 Å². The predicted octanol–water partition coefficient (Wildman–Crippen LogP) is 1.41. The molecule has 4 heteroatoms. The van der Waals surface area contributed by atoms with E-state index >= 15 is 0 Å². The van der Waals surface area contributed by atoms with Crippen molar-refractivity contribution in [3.63, 3.8) is 0 Å². The minimum atomic E-state index is -0.0219. The van der Waals surface area contributed by atoms with Gasteiger partial charge in [-0.1, -0.05) is 19.8 Å². The maximum Gasteiger partial charge on any atom is 0.266 e. The number of hydrogen-bond acceptors (Lipinski definition) is 3. The number of aromatic nitrogens is 2. The molecule has 2 atom stereocenters. The van der Waals surface area contributed by atoms with E-state index < -0.39 is 0 Å². The average molecular weight is 235 g/mol. The number of rotatable bonds is 4. The van der Waals surface area contributed by atoms with Gasteiger partial charge in [-0.05, 0) is 24.8 Å². The van der Waals surface area contributed by atoms with Crippen molar-refractivity contribution in [3.8, 4) is 0 Å². The average Bonchev–Trinajstić information content (AvgIpc) is 2.32. The van der Waals surface area contributed by atoms with Crippen molar-refractivity contribution in [1.29, 1.82) is 0 Å². The monoisotopic (exact) mass is 235 g/mol. The number of nitrogens with zero attached hydrogens (tertiary/aromatic N) is 2. The van der Waals surface area contributed by atoms with Crippen molar-refractivity contribution < 1.29 is 0 Å². The van der Waals surface area contributed by atoms with Gasteiger partial charge in [-0.2, -0.15) is 5.10 Å². The molecule has 1 fully saturated rings. The molecule has 1 aliphatic rings. The molecule has 1 aliphatic carbocycles. The number of nitrogens with one attached hydrogen (secondary N) is 1.